The van der Waals surface area contributed by atoms with Gasteiger partial charge in [-0.2, -0.15) is 8.78 Å². The average molecular weight is 475 g/mol. The van der Waals surface area contributed by atoms with Crippen LogP contribution in [0.3, 0.4) is 0 Å². The van der Waals surface area contributed by atoms with Gasteiger partial charge in [0.25, 0.3) is 11.1 Å². The number of nitrogens with zero attached hydrogens (tertiary/aromatic N) is 3. The number of benzene rings is 1. The van der Waals surface area contributed by atoms with Crippen LogP contribution in [0.2, 0.25) is 0 Å². The van der Waals surface area contributed by atoms with E-state index < -0.39 is 30.3 Å². The average Bonchev–Trinajstić information content (AvgIpc) is 3.12. The maximum atomic E-state index is 14.9. The number of carbonyl (C=O) groups is 2. The van der Waals surface area contributed by atoms with Crippen LogP contribution in [-0.4, -0.2) is 80.0 Å². The molecule has 2 heterocycles. The number of alkyl halides is 2. The molecule has 3 rings (SSSR count). The molecule has 0 spiro atoms. The van der Waals surface area contributed by atoms with E-state index in [1.807, 2.05) is 29.0 Å². The largest absolute Gasteiger partial charge is 0.468 e. The summed E-state index contributed by atoms with van der Waals surface area (Å²) in [6, 6.07) is 4.41. The summed E-state index contributed by atoms with van der Waals surface area (Å²) in [7, 11) is 0. The number of hydrogen-bond acceptors (Lipinski definition) is 6. The summed E-state index contributed by atoms with van der Waals surface area (Å²) in [5, 5.41) is 2.44. The van der Waals surface area contributed by atoms with Gasteiger partial charge in [0.1, 0.15) is 11.9 Å². The smallest absolute Gasteiger partial charge is 0.414 e. The lowest BCUT2D eigenvalue weighted by Crippen LogP contribution is -2.49. The number of halogens is 3. The van der Waals surface area contributed by atoms with Gasteiger partial charge in [0, 0.05) is 26.2 Å². The van der Waals surface area contributed by atoms with Crippen LogP contribution in [0.1, 0.15) is 13.8 Å². The predicted molar refractivity (Wildman–Crippen MR) is 116 cm³/mol. The zero-order valence-electron chi connectivity index (χ0n) is 17.7. The van der Waals surface area contributed by atoms with E-state index in [0.717, 1.165) is 0 Å². The molecule has 176 valence electrons. The first-order valence-corrected chi connectivity index (χ1v) is 10.6. The third-order valence-electron chi connectivity index (χ3n) is 5.03. The Hall–Kier alpha value is -2.76. The Morgan fingerprint density at radius 1 is 1.28 bits per heavy atom. The molecule has 0 radical (unpaired) electrons. The lowest BCUT2D eigenvalue weighted by molar-refractivity contribution is -0.132. The van der Waals surface area contributed by atoms with Crippen molar-refractivity contribution in [3.05, 3.63) is 24.0 Å². The molecule has 1 aromatic carbocycles. The number of hydrogen-bond donors (Lipinski definition) is 1. The minimum Gasteiger partial charge on any atom is -0.468 e. The Morgan fingerprint density at radius 3 is 2.56 bits per heavy atom. The van der Waals surface area contributed by atoms with Gasteiger partial charge in [0.05, 0.1) is 30.6 Å². The summed E-state index contributed by atoms with van der Waals surface area (Å²) in [5.74, 6) is -1.94. The van der Waals surface area contributed by atoms with Crippen LogP contribution in [0, 0.1) is 5.82 Å². The standard InChI is InChI=1S/C20H25F3N4O4S/c1-12(2)30-20(32)26-7-5-25(6-8-26)16-4-3-13(9-15(16)21)27-11-14(31-19(27)29)10-24-18(28)17(22)23/h3-4,9,12,14,17H,5-8,10-11H2,1-2H3,(H,24,28)/t14-/m0/s1. The topological polar surface area (TPSA) is 74.3 Å². The second-order valence-corrected chi connectivity index (χ2v) is 8.05. The SMILES string of the molecule is CC(C)OC(=S)N1CCN(c2ccc(N3C[C@H](CNC(=O)C(F)F)OC3=O)cc2F)CC1. The molecule has 0 unspecified atom stereocenters. The molecule has 2 aliphatic rings. The Bertz CT molecular complexity index is 865. The van der Waals surface area contributed by atoms with Crippen molar-refractivity contribution in [2.24, 2.45) is 0 Å². The molecule has 2 saturated heterocycles. The van der Waals surface area contributed by atoms with Crippen LogP contribution < -0.4 is 15.1 Å². The van der Waals surface area contributed by atoms with Gasteiger partial charge in [-0.3, -0.25) is 9.69 Å². The van der Waals surface area contributed by atoms with E-state index in [9.17, 15) is 22.8 Å². The molecule has 1 aromatic rings. The van der Waals surface area contributed by atoms with Gasteiger partial charge in [0.2, 0.25) is 0 Å². The number of thiocarbonyl (C=S) groups is 1. The first kappa shape index (κ1) is 23.9. The lowest BCUT2D eigenvalue weighted by Gasteiger charge is -2.37. The third-order valence-corrected chi connectivity index (χ3v) is 5.39. The van der Waals surface area contributed by atoms with Gasteiger partial charge < -0.3 is 24.6 Å². The number of rotatable bonds is 6. The molecule has 0 saturated carbocycles. The highest BCUT2D eigenvalue weighted by Crippen LogP contribution is 2.28. The summed E-state index contributed by atoms with van der Waals surface area (Å²) in [4.78, 5) is 28.1. The van der Waals surface area contributed by atoms with Gasteiger partial charge >= 0.3 is 12.5 Å². The molecule has 0 bridgehead atoms. The number of carbonyl (C=O) groups excluding carboxylic acids is 2. The van der Waals surface area contributed by atoms with Crippen LogP contribution in [0.4, 0.5) is 29.3 Å². The zero-order chi connectivity index (χ0) is 23.4. The van der Waals surface area contributed by atoms with Crippen LogP contribution in [0.25, 0.3) is 0 Å². The monoisotopic (exact) mass is 474 g/mol. The van der Waals surface area contributed by atoms with Crippen molar-refractivity contribution in [2.45, 2.75) is 32.5 Å². The number of piperazine rings is 1. The summed E-state index contributed by atoms with van der Waals surface area (Å²) in [5.41, 5.74) is 0.682. The van der Waals surface area contributed by atoms with Crippen molar-refractivity contribution >= 4 is 40.8 Å². The second kappa shape index (κ2) is 10.2. The molecule has 1 atom stereocenters. The minimum absolute atomic E-state index is 0.00705. The van der Waals surface area contributed by atoms with Crippen LogP contribution in [0.5, 0.6) is 0 Å². The molecule has 2 aliphatic heterocycles. The lowest BCUT2D eigenvalue weighted by atomic mass is 10.2. The fourth-order valence-corrected chi connectivity index (χ4v) is 3.83. The van der Waals surface area contributed by atoms with Crippen molar-refractivity contribution in [3.63, 3.8) is 0 Å². The first-order valence-electron chi connectivity index (χ1n) is 10.2. The van der Waals surface area contributed by atoms with Gasteiger partial charge in [0.15, 0.2) is 0 Å². The fourth-order valence-electron chi connectivity index (χ4n) is 3.46. The summed E-state index contributed by atoms with van der Waals surface area (Å²) in [6.45, 7) is 5.85. The highest BCUT2D eigenvalue weighted by Gasteiger charge is 2.33. The molecule has 2 amide bonds. The van der Waals surface area contributed by atoms with Crippen molar-refractivity contribution < 1.29 is 32.2 Å². The summed E-state index contributed by atoms with van der Waals surface area (Å²) in [6.07, 6.45) is -4.70. The number of anilines is 2. The predicted octanol–water partition coefficient (Wildman–Crippen LogP) is 2.36. The molecular weight excluding hydrogens is 449 g/mol. The normalized spacial score (nSPS) is 18.9. The summed E-state index contributed by atoms with van der Waals surface area (Å²) >= 11 is 5.28. The van der Waals surface area contributed by atoms with Crippen molar-refractivity contribution in [1.29, 1.82) is 0 Å². The van der Waals surface area contributed by atoms with Crippen LogP contribution in [0.15, 0.2) is 18.2 Å². The number of amides is 2. The second-order valence-electron chi connectivity index (χ2n) is 7.70. The van der Waals surface area contributed by atoms with E-state index in [-0.39, 0.29) is 24.9 Å². The molecular formula is C20H25F3N4O4S. The quantitative estimate of drug-likeness (QED) is 0.635. The maximum absolute atomic E-state index is 14.9. The fraction of sp³-hybridized carbons (Fsp3) is 0.550. The third kappa shape index (κ3) is 5.72. The van der Waals surface area contributed by atoms with Gasteiger partial charge in [-0.25, -0.2) is 9.18 Å². The van der Waals surface area contributed by atoms with Gasteiger partial charge in [-0.15, -0.1) is 0 Å². The first-order chi connectivity index (χ1) is 15.2. The van der Waals surface area contributed by atoms with E-state index in [0.29, 0.717) is 37.0 Å². The van der Waals surface area contributed by atoms with E-state index in [2.05, 4.69) is 0 Å². The molecule has 32 heavy (non-hydrogen) atoms. The highest BCUT2D eigenvalue weighted by molar-refractivity contribution is 7.80. The van der Waals surface area contributed by atoms with Crippen LogP contribution >= 0.6 is 12.2 Å². The Labute approximate surface area is 189 Å². The molecule has 0 aliphatic carbocycles. The minimum atomic E-state index is -3.15. The van der Waals surface area contributed by atoms with Gasteiger partial charge in [-0.1, -0.05) is 0 Å². The molecule has 2 fully saturated rings. The molecule has 0 aromatic heterocycles. The van der Waals surface area contributed by atoms with E-state index in [4.69, 9.17) is 21.7 Å². The molecule has 12 heteroatoms. The van der Waals surface area contributed by atoms with E-state index in [1.54, 1.807) is 12.1 Å². The van der Waals surface area contributed by atoms with Crippen molar-refractivity contribution in [2.75, 3.05) is 49.1 Å². The number of cyclic esters (lactones) is 1. The van der Waals surface area contributed by atoms with Crippen LogP contribution in [-0.2, 0) is 14.3 Å². The van der Waals surface area contributed by atoms with Gasteiger partial charge in [-0.05, 0) is 44.3 Å². The maximum Gasteiger partial charge on any atom is 0.414 e. The zero-order valence-corrected chi connectivity index (χ0v) is 18.5. The van der Waals surface area contributed by atoms with E-state index in [1.165, 1.54) is 11.0 Å². The highest BCUT2D eigenvalue weighted by atomic mass is 32.1. The Kier molecular flexibility index (Phi) is 7.64. The van der Waals surface area contributed by atoms with Crippen molar-refractivity contribution in [3.8, 4) is 0 Å². The number of ether oxygens (including phenoxy) is 2. The summed E-state index contributed by atoms with van der Waals surface area (Å²) < 4.78 is 50.0. The Morgan fingerprint density at radius 2 is 1.97 bits per heavy atom. The van der Waals surface area contributed by atoms with E-state index >= 15 is 0 Å². The Balaban J connectivity index is 1.58. The molecule has 1 N–H and O–H groups in total. The van der Waals surface area contributed by atoms with Crippen molar-refractivity contribution in [1.82, 2.24) is 10.2 Å². The number of nitrogens with one attached hydrogen (secondary N) is 1. The molecule has 8 nitrogen and oxygen atoms in total.